The Morgan fingerprint density at radius 2 is 1.42 bits per heavy atom. The van der Waals surface area contributed by atoms with Crippen molar-refractivity contribution in [3.05, 3.63) is 18.7 Å². The molecule has 0 bridgehead atoms. The van der Waals surface area contributed by atoms with Crippen molar-refractivity contribution in [2.75, 3.05) is 6.54 Å². The van der Waals surface area contributed by atoms with Gasteiger partial charge >= 0.3 is 0 Å². The second-order valence-corrected chi connectivity index (χ2v) is 7.00. The quantitative estimate of drug-likeness (QED) is 0.382. The van der Waals surface area contributed by atoms with Gasteiger partial charge in [0.25, 0.3) is 0 Å². The van der Waals surface area contributed by atoms with Crippen LogP contribution in [-0.4, -0.2) is 17.1 Å². The zero-order chi connectivity index (χ0) is 19.5. The molecule has 0 aliphatic carbocycles. The number of carbonyl (C=O) groups excluding carboxylic acids is 1. The largest absolute Gasteiger partial charge is 0.549 e. The summed E-state index contributed by atoms with van der Waals surface area (Å²) in [7, 11) is 0. The Balaban J connectivity index is 0.00000110. The molecule has 152 valence electrons. The van der Waals surface area contributed by atoms with Crippen LogP contribution >= 0.6 is 0 Å². The molecular formula is C21H41N3O2. The van der Waals surface area contributed by atoms with E-state index < -0.39 is 5.97 Å². The maximum absolute atomic E-state index is 9.13. The number of imidazole rings is 1. The van der Waals surface area contributed by atoms with Crippen molar-refractivity contribution in [1.82, 2.24) is 4.57 Å². The van der Waals surface area contributed by atoms with Gasteiger partial charge in [-0.2, -0.15) is 0 Å². The molecule has 0 aliphatic rings. The second kappa shape index (κ2) is 18.4. The smallest absolute Gasteiger partial charge is 0.243 e. The SMILES string of the molecule is CCCCCCCCn1cc[n+](CCCCCCCC)c1.NCC(=O)[O-]. The van der Waals surface area contributed by atoms with Crippen LogP contribution in [-0.2, 0) is 17.9 Å². The summed E-state index contributed by atoms with van der Waals surface area (Å²) in [5, 5.41) is 9.13. The molecule has 0 spiro atoms. The first-order chi connectivity index (χ1) is 12.6. The maximum atomic E-state index is 9.13. The minimum absolute atomic E-state index is 0.389. The first kappa shape index (κ1) is 24.6. The molecule has 5 heteroatoms. The van der Waals surface area contributed by atoms with E-state index in [0.717, 1.165) is 0 Å². The van der Waals surface area contributed by atoms with Crippen LogP contribution in [0.25, 0.3) is 0 Å². The molecule has 1 heterocycles. The molecule has 26 heavy (non-hydrogen) atoms. The van der Waals surface area contributed by atoms with Crippen molar-refractivity contribution >= 4 is 5.97 Å². The van der Waals surface area contributed by atoms with E-state index >= 15 is 0 Å². The zero-order valence-electron chi connectivity index (χ0n) is 17.1. The molecule has 0 radical (unpaired) electrons. The number of carboxylic acid groups (broad SMARTS) is 1. The molecule has 0 amide bonds. The molecular weight excluding hydrogens is 326 g/mol. The lowest BCUT2D eigenvalue weighted by atomic mass is 10.1. The molecule has 1 aromatic rings. The van der Waals surface area contributed by atoms with E-state index in [0.29, 0.717) is 0 Å². The second-order valence-electron chi connectivity index (χ2n) is 7.00. The van der Waals surface area contributed by atoms with Gasteiger partial charge in [0.05, 0.1) is 19.1 Å². The summed E-state index contributed by atoms with van der Waals surface area (Å²) in [5.74, 6) is -1.22. The van der Waals surface area contributed by atoms with E-state index in [1.54, 1.807) is 0 Å². The number of hydrogen-bond acceptors (Lipinski definition) is 3. The summed E-state index contributed by atoms with van der Waals surface area (Å²) >= 11 is 0. The van der Waals surface area contributed by atoms with E-state index in [1.807, 2.05) is 0 Å². The third-order valence-electron chi connectivity index (χ3n) is 4.45. The van der Waals surface area contributed by atoms with Gasteiger partial charge in [-0.25, -0.2) is 9.13 Å². The van der Waals surface area contributed by atoms with Crippen LogP contribution in [0.1, 0.15) is 90.9 Å². The van der Waals surface area contributed by atoms with Crippen molar-refractivity contribution < 1.29 is 14.5 Å². The van der Waals surface area contributed by atoms with Gasteiger partial charge in [-0.3, -0.25) is 0 Å². The Morgan fingerprint density at radius 3 is 1.96 bits per heavy atom. The van der Waals surface area contributed by atoms with Gasteiger partial charge in [0, 0.05) is 6.54 Å². The number of aliphatic carboxylic acids is 1. The fourth-order valence-electron chi connectivity index (χ4n) is 2.85. The maximum Gasteiger partial charge on any atom is 0.243 e. The number of carboxylic acids is 1. The highest BCUT2D eigenvalue weighted by atomic mass is 16.4. The van der Waals surface area contributed by atoms with E-state index in [-0.39, 0.29) is 6.54 Å². The molecule has 5 nitrogen and oxygen atoms in total. The monoisotopic (exact) mass is 367 g/mol. The molecule has 0 aliphatic heterocycles. The molecule has 1 rings (SSSR count). The molecule has 0 saturated heterocycles. The number of nitrogens with two attached hydrogens (primary N) is 1. The Morgan fingerprint density at radius 1 is 0.923 bits per heavy atom. The predicted molar refractivity (Wildman–Crippen MR) is 105 cm³/mol. The highest BCUT2D eigenvalue weighted by Crippen LogP contribution is 2.06. The number of nitrogens with zero attached hydrogens (tertiary/aromatic N) is 2. The van der Waals surface area contributed by atoms with Crippen LogP contribution < -0.4 is 15.4 Å². The van der Waals surface area contributed by atoms with Crippen LogP contribution in [0.4, 0.5) is 0 Å². The van der Waals surface area contributed by atoms with Crippen LogP contribution in [0.2, 0.25) is 0 Å². The number of aromatic nitrogens is 2. The highest BCUT2D eigenvalue weighted by molar-refractivity contribution is 5.66. The van der Waals surface area contributed by atoms with Gasteiger partial charge in [-0.15, -0.1) is 0 Å². The average Bonchev–Trinajstić information content (AvgIpc) is 3.09. The average molecular weight is 368 g/mol. The Bertz CT molecular complexity index is 402. The van der Waals surface area contributed by atoms with Crippen LogP contribution in [0.3, 0.4) is 0 Å². The van der Waals surface area contributed by atoms with Crippen molar-refractivity contribution in [3.63, 3.8) is 0 Å². The van der Waals surface area contributed by atoms with Crippen molar-refractivity contribution in [3.8, 4) is 0 Å². The van der Waals surface area contributed by atoms with E-state index in [4.69, 9.17) is 9.90 Å². The number of carbonyl (C=O) groups is 1. The summed E-state index contributed by atoms with van der Waals surface area (Å²) in [6.07, 6.45) is 23.3. The minimum atomic E-state index is -1.22. The lowest BCUT2D eigenvalue weighted by molar-refractivity contribution is -0.696. The molecule has 0 unspecified atom stereocenters. The van der Waals surface area contributed by atoms with Crippen molar-refractivity contribution in [1.29, 1.82) is 0 Å². The molecule has 0 aromatic carbocycles. The number of aryl methyl sites for hydroxylation is 2. The Kier molecular flexibility index (Phi) is 17.5. The van der Waals surface area contributed by atoms with Gasteiger partial charge < -0.3 is 15.6 Å². The Hall–Kier alpha value is -1.36. The van der Waals surface area contributed by atoms with Gasteiger partial charge in [0.1, 0.15) is 12.4 Å². The molecule has 0 atom stereocenters. The van der Waals surface area contributed by atoms with Gasteiger partial charge in [-0.05, 0) is 25.7 Å². The molecule has 1 aromatic heterocycles. The number of rotatable bonds is 15. The van der Waals surface area contributed by atoms with Crippen molar-refractivity contribution in [2.45, 2.75) is 104 Å². The minimum Gasteiger partial charge on any atom is -0.549 e. The fourth-order valence-corrected chi connectivity index (χ4v) is 2.85. The summed E-state index contributed by atoms with van der Waals surface area (Å²) in [6.45, 7) is 6.55. The topological polar surface area (TPSA) is 75.0 Å². The lowest BCUT2D eigenvalue weighted by Crippen LogP contribution is -2.30. The third kappa shape index (κ3) is 16.1. The highest BCUT2D eigenvalue weighted by Gasteiger charge is 2.03. The third-order valence-corrected chi connectivity index (χ3v) is 4.45. The Labute approximate surface area is 160 Å². The van der Waals surface area contributed by atoms with E-state index in [2.05, 4.69) is 47.4 Å². The van der Waals surface area contributed by atoms with E-state index in [9.17, 15) is 0 Å². The fraction of sp³-hybridized carbons (Fsp3) is 0.810. The summed E-state index contributed by atoms with van der Waals surface area (Å²) in [6, 6.07) is 0. The summed E-state index contributed by atoms with van der Waals surface area (Å²) in [5.41, 5.74) is 4.51. The first-order valence-electron chi connectivity index (χ1n) is 10.6. The first-order valence-corrected chi connectivity index (χ1v) is 10.6. The van der Waals surface area contributed by atoms with Crippen LogP contribution in [0.15, 0.2) is 18.7 Å². The number of hydrogen-bond donors (Lipinski definition) is 1. The summed E-state index contributed by atoms with van der Waals surface area (Å²) < 4.78 is 4.72. The molecule has 0 fully saturated rings. The zero-order valence-corrected chi connectivity index (χ0v) is 17.1. The summed E-state index contributed by atoms with van der Waals surface area (Å²) in [4.78, 5) is 9.13. The van der Waals surface area contributed by atoms with Crippen molar-refractivity contribution in [2.24, 2.45) is 5.73 Å². The number of unbranched alkanes of at least 4 members (excludes halogenated alkanes) is 10. The molecule has 0 saturated carbocycles. The lowest BCUT2D eigenvalue weighted by Gasteiger charge is -1.99. The van der Waals surface area contributed by atoms with Gasteiger partial charge in [-0.1, -0.05) is 65.2 Å². The standard InChI is InChI=1S/C19H37N2.C2H5NO2/c1-3-5-7-9-11-13-15-20-17-18-21(19-20)16-14-12-10-8-6-4-2;3-1-2(4)5/h17-19H,3-16H2,1-2H3;1,3H2,(H,4,5)/q+1;/p-1. The predicted octanol–water partition coefficient (Wildman–Crippen LogP) is 3.19. The van der Waals surface area contributed by atoms with E-state index in [1.165, 1.54) is 90.1 Å². The van der Waals surface area contributed by atoms with Gasteiger partial charge in [0.2, 0.25) is 6.33 Å². The van der Waals surface area contributed by atoms with Gasteiger partial charge in [0.15, 0.2) is 0 Å². The normalized spacial score (nSPS) is 10.4. The van der Waals surface area contributed by atoms with Crippen LogP contribution in [0.5, 0.6) is 0 Å². The molecule has 2 N–H and O–H groups in total. The van der Waals surface area contributed by atoms with Crippen LogP contribution in [0, 0.1) is 0 Å².